The van der Waals surface area contributed by atoms with Crippen LogP contribution in [0.2, 0.25) is 0 Å². The van der Waals surface area contributed by atoms with Crippen LogP contribution >= 0.6 is 0 Å². The molecule has 23 heavy (non-hydrogen) atoms. The van der Waals surface area contributed by atoms with Crippen molar-refractivity contribution in [2.45, 2.75) is 45.6 Å². The van der Waals surface area contributed by atoms with Gasteiger partial charge in [0.25, 0.3) is 0 Å². The van der Waals surface area contributed by atoms with Gasteiger partial charge in [0.1, 0.15) is 0 Å². The molecule has 3 rings (SSSR count). The highest BCUT2D eigenvalue weighted by Gasteiger charge is 2.30. The first-order chi connectivity index (χ1) is 10.8. The molecule has 3 heteroatoms. The van der Waals surface area contributed by atoms with E-state index in [1.54, 1.807) is 0 Å². The number of fused-ring (bicyclic) bond motifs is 1. The summed E-state index contributed by atoms with van der Waals surface area (Å²) in [6, 6.07) is 12.5. The van der Waals surface area contributed by atoms with E-state index >= 15 is 0 Å². The molecule has 0 radical (unpaired) electrons. The van der Waals surface area contributed by atoms with Gasteiger partial charge in [-0.25, -0.2) is 0 Å². The second-order valence-electron chi connectivity index (χ2n) is 7.70. The fourth-order valence-corrected chi connectivity index (χ4v) is 3.74. The molecule has 2 aromatic rings. The summed E-state index contributed by atoms with van der Waals surface area (Å²) in [5.41, 5.74) is 17.9. The molecule has 0 heterocycles. The van der Waals surface area contributed by atoms with Crippen molar-refractivity contribution in [1.29, 1.82) is 0 Å². The maximum absolute atomic E-state index is 10.2. The Morgan fingerprint density at radius 1 is 1.00 bits per heavy atom. The lowest BCUT2D eigenvalue weighted by atomic mass is 9.72. The van der Waals surface area contributed by atoms with Gasteiger partial charge < -0.3 is 16.6 Å². The number of aryl methyl sites for hydroxylation is 1. The van der Waals surface area contributed by atoms with Gasteiger partial charge in [0.05, 0.1) is 17.5 Å². The third-order valence-electron chi connectivity index (χ3n) is 4.86. The van der Waals surface area contributed by atoms with Gasteiger partial charge >= 0.3 is 0 Å². The van der Waals surface area contributed by atoms with Crippen LogP contribution < -0.4 is 11.5 Å². The molecule has 0 bridgehead atoms. The molecule has 2 atom stereocenters. The van der Waals surface area contributed by atoms with Crippen LogP contribution in [0.3, 0.4) is 0 Å². The Hall–Kier alpha value is -2.00. The molecule has 0 amide bonds. The largest absolute Gasteiger partial charge is 0.397 e. The lowest BCUT2D eigenvalue weighted by molar-refractivity contribution is 0.180. The number of aliphatic hydroxyl groups is 1. The summed E-state index contributed by atoms with van der Waals surface area (Å²) in [6.45, 7) is 6.69. The Labute approximate surface area is 138 Å². The zero-order chi connectivity index (χ0) is 16.8. The zero-order valence-corrected chi connectivity index (χ0v) is 14.1. The first-order valence-electron chi connectivity index (χ1n) is 8.23. The minimum Gasteiger partial charge on any atom is -0.397 e. The number of anilines is 2. The topological polar surface area (TPSA) is 72.3 Å². The van der Waals surface area contributed by atoms with Crippen LogP contribution in [0.5, 0.6) is 0 Å². The number of nitrogen functional groups attached to an aromatic ring is 2. The summed E-state index contributed by atoms with van der Waals surface area (Å²) in [5, 5.41) is 10.2. The first-order valence-corrected chi connectivity index (χ1v) is 8.23. The van der Waals surface area contributed by atoms with E-state index in [1.807, 2.05) is 12.1 Å². The zero-order valence-electron chi connectivity index (χ0n) is 14.1. The summed E-state index contributed by atoms with van der Waals surface area (Å²) >= 11 is 0. The highest BCUT2D eigenvalue weighted by atomic mass is 16.3. The van der Waals surface area contributed by atoms with Gasteiger partial charge in [0, 0.05) is 5.92 Å². The van der Waals surface area contributed by atoms with Crippen LogP contribution in [0.15, 0.2) is 36.4 Å². The highest BCUT2D eigenvalue weighted by molar-refractivity contribution is 5.65. The third kappa shape index (κ3) is 2.93. The maximum atomic E-state index is 10.2. The number of benzene rings is 2. The fourth-order valence-electron chi connectivity index (χ4n) is 3.74. The molecule has 2 unspecified atom stereocenters. The predicted molar refractivity (Wildman–Crippen MR) is 96.3 cm³/mol. The summed E-state index contributed by atoms with van der Waals surface area (Å²) < 4.78 is 0. The number of aliphatic hydroxyl groups excluding tert-OH is 1. The van der Waals surface area contributed by atoms with E-state index < -0.39 is 0 Å². The Morgan fingerprint density at radius 2 is 1.65 bits per heavy atom. The van der Waals surface area contributed by atoms with E-state index in [4.69, 9.17) is 11.5 Å². The second-order valence-corrected chi connectivity index (χ2v) is 7.70. The molecule has 1 aliphatic rings. The van der Waals surface area contributed by atoms with Crippen molar-refractivity contribution in [2.75, 3.05) is 11.5 Å². The van der Waals surface area contributed by atoms with Crippen LogP contribution in [0.4, 0.5) is 11.4 Å². The van der Waals surface area contributed by atoms with Gasteiger partial charge in [-0.3, -0.25) is 0 Å². The van der Waals surface area contributed by atoms with Gasteiger partial charge in [-0.05, 0) is 52.6 Å². The molecule has 1 aliphatic carbocycles. The predicted octanol–water partition coefficient (Wildman–Crippen LogP) is 4.01. The van der Waals surface area contributed by atoms with Crippen LogP contribution in [0, 0.1) is 5.41 Å². The molecular formula is C20H26N2O. The molecule has 0 aromatic heterocycles. The van der Waals surface area contributed by atoms with Crippen LogP contribution in [0.25, 0.3) is 0 Å². The number of hydrogen-bond acceptors (Lipinski definition) is 3. The van der Waals surface area contributed by atoms with Gasteiger partial charge in [-0.2, -0.15) is 0 Å². The highest BCUT2D eigenvalue weighted by Crippen LogP contribution is 2.43. The third-order valence-corrected chi connectivity index (χ3v) is 4.86. The molecule has 0 spiro atoms. The van der Waals surface area contributed by atoms with Crippen molar-refractivity contribution < 1.29 is 5.11 Å². The Morgan fingerprint density at radius 3 is 2.30 bits per heavy atom. The lowest BCUT2D eigenvalue weighted by Gasteiger charge is -2.32. The smallest absolute Gasteiger partial charge is 0.0796 e. The van der Waals surface area contributed by atoms with Crippen LogP contribution in [-0.4, -0.2) is 5.11 Å². The molecule has 122 valence electrons. The van der Waals surface area contributed by atoms with Crippen LogP contribution in [-0.2, 0) is 6.42 Å². The molecule has 0 fully saturated rings. The Balaban J connectivity index is 2.10. The van der Waals surface area contributed by atoms with Crippen molar-refractivity contribution in [1.82, 2.24) is 0 Å². The lowest BCUT2D eigenvalue weighted by Crippen LogP contribution is -2.20. The SMILES string of the molecule is CC(C)(C)C(c1ccc(N)c(N)c1)c1ccc2c(c1)C(O)CC2. The second kappa shape index (κ2) is 5.57. The number of hydrogen-bond donors (Lipinski definition) is 3. The normalized spacial score (nSPS) is 18.7. The molecule has 2 aromatic carbocycles. The van der Waals surface area contributed by atoms with Crippen molar-refractivity contribution in [2.24, 2.45) is 5.41 Å². The van der Waals surface area contributed by atoms with E-state index in [9.17, 15) is 5.11 Å². The molecule has 3 nitrogen and oxygen atoms in total. The van der Waals surface area contributed by atoms with E-state index in [0.29, 0.717) is 11.4 Å². The monoisotopic (exact) mass is 310 g/mol. The average Bonchev–Trinajstić information content (AvgIpc) is 2.83. The maximum Gasteiger partial charge on any atom is 0.0796 e. The minimum atomic E-state index is -0.331. The van der Waals surface area contributed by atoms with E-state index in [2.05, 4.69) is 45.0 Å². The van der Waals surface area contributed by atoms with Crippen molar-refractivity contribution in [3.8, 4) is 0 Å². The Bertz CT molecular complexity index is 731. The van der Waals surface area contributed by atoms with Gasteiger partial charge in [-0.1, -0.05) is 45.0 Å². The Kier molecular flexibility index (Phi) is 3.85. The molecule has 0 saturated carbocycles. The van der Waals surface area contributed by atoms with Crippen molar-refractivity contribution in [3.05, 3.63) is 58.7 Å². The van der Waals surface area contributed by atoms with Gasteiger partial charge in [-0.15, -0.1) is 0 Å². The van der Waals surface area contributed by atoms with Gasteiger partial charge in [0.2, 0.25) is 0 Å². The minimum absolute atomic E-state index is 0.0281. The standard InChI is InChI=1S/C20H26N2O/c1-20(2,3)19(14-6-8-16(21)17(22)11-14)13-5-4-12-7-9-18(23)15(12)10-13/h4-6,8,10-11,18-19,23H,7,9,21-22H2,1-3H3. The molecule has 0 saturated heterocycles. The van der Waals surface area contributed by atoms with Crippen molar-refractivity contribution in [3.63, 3.8) is 0 Å². The van der Waals surface area contributed by atoms with E-state index in [-0.39, 0.29) is 17.4 Å². The number of rotatable bonds is 2. The summed E-state index contributed by atoms with van der Waals surface area (Å²) in [7, 11) is 0. The van der Waals surface area contributed by atoms with Crippen molar-refractivity contribution >= 4 is 11.4 Å². The summed E-state index contributed by atoms with van der Waals surface area (Å²) in [5.74, 6) is 0.198. The van der Waals surface area contributed by atoms with E-state index in [0.717, 1.165) is 24.0 Å². The summed E-state index contributed by atoms with van der Waals surface area (Å²) in [4.78, 5) is 0. The quantitative estimate of drug-likeness (QED) is 0.734. The van der Waals surface area contributed by atoms with E-state index in [1.165, 1.54) is 11.1 Å². The fraction of sp³-hybridized carbons (Fsp3) is 0.400. The average molecular weight is 310 g/mol. The van der Waals surface area contributed by atoms with Gasteiger partial charge in [0.15, 0.2) is 0 Å². The molecule has 0 aliphatic heterocycles. The molecular weight excluding hydrogens is 284 g/mol. The summed E-state index contributed by atoms with van der Waals surface area (Å²) in [6.07, 6.45) is 1.46. The van der Waals surface area contributed by atoms with Crippen LogP contribution in [0.1, 0.15) is 61.5 Å². The number of nitrogens with two attached hydrogens (primary N) is 2. The first kappa shape index (κ1) is 15.9. The molecule has 5 N–H and O–H groups in total.